The summed E-state index contributed by atoms with van der Waals surface area (Å²) < 4.78 is 12.8. The summed E-state index contributed by atoms with van der Waals surface area (Å²) in [4.78, 5) is 14.4. The molecule has 0 saturated carbocycles. The highest BCUT2D eigenvalue weighted by Gasteiger charge is 2.31. The van der Waals surface area contributed by atoms with E-state index in [1.807, 2.05) is 71.6 Å². The van der Waals surface area contributed by atoms with E-state index in [0.29, 0.717) is 19.0 Å². The van der Waals surface area contributed by atoms with E-state index in [2.05, 4.69) is 17.2 Å². The summed E-state index contributed by atoms with van der Waals surface area (Å²) in [6.07, 6.45) is 5.52. The Hall–Kier alpha value is -3.54. The molecule has 29 heavy (non-hydrogen) atoms. The van der Waals surface area contributed by atoms with Crippen LogP contribution < -0.4 is 4.74 Å². The lowest BCUT2D eigenvalue weighted by Gasteiger charge is -2.23. The number of carbonyl (C=O) groups is 1. The first-order valence-electron chi connectivity index (χ1n) is 9.54. The fourth-order valence-electron chi connectivity index (χ4n) is 3.41. The fourth-order valence-corrected chi connectivity index (χ4v) is 3.41. The predicted molar refractivity (Wildman–Crippen MR) is 110 cm³/mol. The van der Waals surface area contributed by atoms with Gasteiger partial charge in [-0.05, 0) is 11.1 Å². The molecule has 0 N–H and O–H groups in total. The number of methoxy groups -OCH3 is 1. The third-order valence-corrected chi connectivity index (χ3v) is 4.85. The molecule has 6 nitrogen and oxygen atoms in total. The summed E-state index contributed by atoms with van der Waals surface area (Å²) in [5.74, 6) is 0.512. The summed E-state index contributed by atoms with van der Waals surface area (Å²) in [6, 6.07) is 19.5. The Morgan fingerprint density at radius 3 is 2.45 bits per heavy atom. The summed E-state index contributed by atoms with van der Waals surface area (Å²) >= 11 is 0. The lowest BCUT2D eigenvalue weighted by molar-refractivity contribution is 0.0946. The zero-order chi connectivity index (χ0) is 20.1. The van der Waals surface area contributed by atoms with Gasteiger partial charge in [0.1, 0.15) is 6.61 Å². The summed E-state index contributed by atoms with van der Waals surface area (Å²) in [5.41, 5.74) is 2.94. The van der Waals surface area contributed by atoms with Gasteiger partial charge in [0.15, 0.2) is 0 Å². The Morgan fingerprint density at radius 2 is 1.76 bits per heavy atom. The van der Waals surface area contributed by atoms with Crippen molar-refractivity contribution in [2.45, 2.75) is 19.2 Å². The third kappa shape index (κ3) is 4.32. The van der Waals surface area contributed by atoms with Crippen LogP contribution >= 0.6 is 0 Å². The number of rotatable bonds is 6. The zero-order valence-corrected chi connectivity index (χ0v) is 16.3. The number of carbonyl (C=O) groups excluding carboxylic acids is 1. The Balaban J connectivity index is 1.48. The average molecular weight is 389 g/mol. The number of ether oxygens (including phenoxy) is 2. The molecule has 1 atom stereocenters. The fraction of sp³-hybridized carbons (Fsp3) is 0.217. The minimum atomic E-state index is -0.360. The first-order chi connectivity index (χ1) is 14.2. The molecule has 1 aliphatic rings. The molecule has 0 spiro atoms. The third-order valence-electron chi connectivity index (χ3n) is 4.85. The van der Waals surface area contributed by atoms with Crippen molar-refractivity contribution < 1.29 is 14.3 Å². The average Bonchev–Trinajstić information content (AvgIpc) is 3.40. The number of benzene rings is 2. The van der Waals surface area contributed by atoms with E-state index < -0.39 is 0 Å². The number of amides is 1. The topological polar surface area (TPSA) is 56.6 Å². The predicted octanol–water partition coefficient (Wildman–Crippen LogP) is 4.19. The highest BCUT2D eigenvalue weighted by molar-refractivity contribution is 5.70. The normalized spacial score (nSPS) is 15.5. The van der Waals surface area contributed by atoms with Crippen molar-refractivity contribution in [2.75, 3.05) is 13.7 Å². The van der Waals surface area contributed by atoms with E-state index in [1.165, 1.54) is 0 Å². The molecule has 1 unspecified atom stereocenters. The van der Waals surface area contributed by atoms with Gasteiger partial charge in [-0.3, -0.25) is 9.58 Å². The molecule has 148 valence electrons. The number of aromatic nitrogens is 2. The van der Waals surface area contributed by atoms with Crippen molar-refractivity contribution in [1.29, 1.82) is 0 Å². The van der Waals surface area contributed by atoms with Crippen LogP contribution in [0.2, 0.25) is 0 Å². The molecule has 3 aromatic rings. The van der Waals surface area contributed by atoms with Crippen molar-refractivity contribution in [3.63, 3.8) is 0 Å². The van der Waals surface area contributed by atoms with Gasteiger partial charge in [-0.2, -0.15) is 0 Å². The molecule has 1 aliphatic heterocycles. The molecule has 6 heteroatoms. The lowest BCUT2D eigenvalue weighted by atomic mass is 10.1. The molecule has 0 aliphatic carbocycles. The van der Waals surface area contributed by atoms with Crippen molar-refractivity contribution in [3.05, 3.63) is 95.7 Å². The highest BCUT2D eigenvalue weighted by atomic mass is 16.6. The van der Waals surface area contributed by atoms with Crippen LogP contribution in [0, 0.1) is 0 Å². The molecular weight excluding hydrogens is 366 g/mol. The largest absolute Gasteiger partial charge is 0.480 e. The van der Waals surface area contributed by atoms with Crippen LogP contribution in [0.3, 0.4) is 0 Å². The molecule has 2 heterocycles. The standard InChI is InChI=1S/C23H23N3O3/c1-28-22-20(16-25(24-22)15-18-9-4-2-5-10-18)21-13-8-14-26(21)23(27)29-17-19-11-6-3-7-12-19/h2-13,16,21H,14-15,17H2,1H3. The van der Waals surface area contributed by atoms with E-state index in [9.17, 15) is 4.79 Å². The minimum Gasteiger partial charge on any atom is -0.480 e. The van der Waals surface area contributed by atoms with Gasteiger partial charge in [0, 0.05) is 12.7 Å². The first kappa shape index (κ1) is 18.8. The van der Waals surface area contributed by atoms with Gasteiger partial charge < -0.3 is 9.47 Å². The van der Waals surface area contributed by atoms with E-state index in [4.69, 9.17) is 9.47 Å². The van der Waals surface area contributed by atoms with Crippen molar-refractivity contribution in [1.82, 2.24) is 14.7 Å². The second-order valence-electron chi connectivity index (χ2n) is 6.84. The molecule has 0 radical (unpaired) electrons. The van der Waals surface area contributed by atoms with Gasteiger partial charge in [0.25, 0.3) is 0 Å². The van der Waals surface area contributed by atoms with Crippen LogP contribution in [0.15, 0.2) is 79.0 Å². The molecule has 0 bridgehead atoms. The van der Waals surface area contributed by atoms with Crippen LogP contribution in [-0.4, -0.2) is 34.4 Å². The molecular formula is C23H23N3O3. The van der Waals surface area contributed by atoms with Crippen molar-refractivity contribution >= 4 is 6.09 Å². The summed E-state index contributed by atoms with van der Waals surface area (Å²) in [7, 11) is 1.59. The van der Waals surface area contributed by atoms with Crippen molar-refractivity contribution in [3.8, 4) is 5.88 Å². The van der Waals surface area contributed by atoms with Gasteiger partial charge in [-0.25, -0.2) is 4.79 Å². The monoisotopic (exact) mass is 389 g/mol. The summed E-state index contributed by atoms with van der Waals surface area (Å²) in [6.45, 7) is 1.37. The van der Waals surface area contributed by atoms with Gasteiger partial charge in [-0.1, -0.05) is 72.8 Å². The van der Waals surface area contributed by atoms with Crippen LogP contribution in [0.4, 0.5) is 4.79 Å². The Labute approximate surface area is 170 Å². The van der Waals surface area contributed by atoms with E-state index in [0.717, 1.165) is 16.7 Å². The number of hydrogen-bond acceptors (Lipinski definition) is 4. The Bertz CT molecular complexity index is 983. The second-order valence-corrected chi connectivity index (χ2v) is 6.84. The maximum absolute atomic E-state index is 12.7. The number of hydrogen-bond donors (Lipinski definition) is 0. The Morgan fingerprint density at radius 1 is 1.07 bits per heavy atom. The molecule has 1 aromatic heterocycles. The van der Waals surface area contributed by atoms with Gasteiger partial charge in [-0.15, -0.1) is 5.10 Å². The number of nitrogens with zero attached hydrogens (tertiary/aromatic N) is 3. The molecule has 0 fully saturated rings. The molecule has 1 amide bonds. The van der Waals surface area contributed by atoms with Crippen LogP contribution in [-0.2, 0) is 17.9 Å². The van der Waals surface area contributed by atoms with E-state index in [1.54, 1.807) is 12.0 Å². The Kier molecular flexibility index (Phi) is 5.61. The molecule has 4 rings (SSSR count). The first-order valence-corrected chi connectivity index (χ1v) is 9.54. The van der Waals surface area contributed by atoms with Crippen LogP contribution in [0.1, 0.15) is 22.7 Å². The summed E-state index contributed by atoms with van der Waals surface area (Å²) in [5, 5.41) is 4.54. The maximum Gasteiger partial charge on any atom is 0.411 e. The minimum absolute atomic E-state index is 0.243. The van der Waals surface area contributed by atoms with E-state index in [-0.39, 0.29) is 18.7 Å². The molecule has 2 aromatic carbocycles. The zero-order valence-electron chi connectivity index (χ0n) is 16.3. The van der Waals surface area contributed by atoms with Crippen LogP contribution in [0.25, 0.3) is 0 Å². The maximum atomic E-state index is 12.7. The lowest BCUT2D eigenvalue weighted by Crippen LogP contribution is -2.31. The molecule has 0 saturated heterocycles. The van der Waals surface area contributed by atoms with Crippen molar-refractivity contribution in [2.24, 2.45) is 0 Å². The quantitative estimate of drug-likeness (QED) is 0.593. The van der Waals surface area contributed by atoms with Gasteiger partial charge in [0.05, 0.1) is 25.3 Å². The second kappa shape index (κ2) is 8.65. The van der Waals surface area contributed by atoms with Gasteiger partial charge >= 0.3 is 6.09 Å². The van der Waals surface area contributed by atoms with Gasteiger partial charge in [0.2, 0.25) is 5.88 Å². The smallest absolute Gasteiger partial charge is 0.411 e. The van der Waals surface area contributed by atoms with E-state index >= 15 is 0 Å². The highest BCUT2D eigenvalue weighted by Crippen LogP contribution is 2.33. The van der Waals surface area contributed by atoms with Crippen LogP contribution in [0.5, 0.6) is 5.88 Å². The SMILES string of the molecule is COc1nn(Cc2ccccc2)cc1C1C=CCN1C(=O)OCc1ccccc1.